The molecule has 0 aliphatic heterocycles. The molecular weight excluding hydrogens is 334 g/mol. The van der Waals surface area contributed by atoms with Crippen LogP contribution in [0.25, 0.3) is 0 Å². The lowest BCUT2D eigenvalue weighted by atomic mass is 10.2. The molecule has 0 spiro atoms. The summed E-state index contributed by atoms with van der Waals surface area (Å²) in [5, 5.41) is 2.79. The van der Waals surface area contributed by atoms with Gasteiger partial charge < -0.3 is 14.8 Å². The van der Waals surface area contributed by atoms with Gasteiger partial charge in [0.25, 0.3) is 5.91 Å². The molecule has 0 fully saturated rings. The number of carbonyl (C=O) groups is 1. The minimum Gasteiger partial charge on any atom is -0.497 e. The van der Waals surface area contributed by atoms with Crippen molar-refractivity contribution in [2.24, 2.45) is 0 Å². The third kappa shape index (κ3) is 4.49. The van der Waals surface area contributed by atoms with Crippen LogP contribution in [-0.4, -0.2) is 19.1 Å². The van der Waals surface area contributed by atoms with Crippen molar-refractivity contribution in [2.75, 3.05) is 12.4 Å². The van der Waals surface area contributed by atoms with E-state index in [1.165, 1.54) is 0 Å². The zero-order chi connectivity index (χ0) is 15.2. The molecule has 0 saturated carbocycles. The summed E-state index contributed by atoms with van der Waals surface area (Å²) in [4.78, 5) is 12.1. The first-order valence-corrected chi connectivity index (χ1v) is 7.25. The molecule has 1 amide bonds. The highest BCUT2D eigenvalue weighted by atomic mass is 79.9. The van der Waals surface area contributed by atoms with Crippen LogP contribution in [0.15, 0.2) is 53.0 Å². The van der Waals surface area contributed by atoms with Crippen molar-refractivity contribution in [1.82, 2.24) is 0 Å². The molecule has 0 saturated heterocycles. The minimum atomic E-state index is -0.600. The number of amides is 1. The van der Waals surface area contributed by atoms with Gasteiger partial charge in [0.15, 0.2) is 6.10 Å². The molecule has 5 heteroatoms. The van der Waals surface area contributed by atoms with E-state index in [4.69, 9.17) is 9.47 Å². The molecule has 2 aromatic rings. The number of anilines is 1. The van der Waals surface area contributed by atoms with E-state index in [0.717, 1.165) is 4.47 Å². The van der Waals surface area contributed by atoms with Gasteiger partial charge in [0.1, 0.15) is 11.5 Å². The maximum absolute atomic E-state index is 12.1. The zero-order valence-corrected chi connectivity index (χ0v) is 13.4. The third-order valence-corrected chi connectivity index (χ3v) is 3.36. The fourth-order valence-electron chi connectivity index (χ4n) is 1.72. The van der Waals surface area contributed by atoms with Gasteiger partial charge in [-0.1, -0.05) is 22.0 Å². The maximum Gasteiger partial charge on any atom is 0.265 e. The van der Waals surface area contributed by atoms with Crippen molar-refractivity contribution in [1.29, 1.82) is 0 Å². The van der Waals surface area contributed by atoms with Gasteiger partial charge in [-0.15, -0.1) is 0 Å². The zero-order valence-electron chi connectivity index (χ0n) is 11.8. The van der Waals surface area contributed by atoms with Crippen molar-refractivity contribution in [2.45, 2.75) is 13.0 Å². The monoisotopic (exact) mass is 349 g/mol. The Kier molecular flexibility index (Phi) is 5.22. The van der Waals surface area contributed by atoms with Gasteiger partial charge in [0.05, 0.1) is 7.11 Å². The highest BCUT2D eigenvalue weighted by Crippen LogP contribution is 2.19. The number of hydrogen-bond donors (Lipinski definition) is 1. The molecule has 0 aliphatic rings. The summed E-state index contributed by atoms with van der Waals surface area (Å²) in [7, 11) is 1.58. The molecule has 1 N–H and O–H groups in total. The molecule has 2 rings (SSSR count). The fourth-order valence-corrected chi connectivity index (χ4v) is 1.98. The molecule has 0 aliphatic carbocycles. The number of ether oxygens (including phenoxy) is 2. The summed E-state index contributed by atoms with van der Waals surface area (Å²) in [6.07, 6.45) is -0.600. The highest BCUT2D eigenvalue weighted by molar-refractivity contribution is 9.10. The van der Waals surface area contributed by atoms with Crippen molar-refractivity contribution < 1.29 is 14.3 Å². The quantitative estimate of drug-likeness (QED) is 0.891. The van der Waals surface area contributed by atoms with E-state index in [2.05, 4.69) is 21.2 Å². The van der Waals surface area contributed by atoms with Gasteiger partial charge in [-0.05, 0) is 43.3 Å². The van der Waals surface area contributed by atoms with Gasteiger partial charge in [0, 0.05) is 16.2 Å². The van der Waals surface area contributed by atoms with Gasteiger partial charge in [-0.2, -0.15) is 0 Å². The fraction of sp³-hybridized carbons (Fsp3) is 0.188. The topological polar surface area (TPSA) is 47.6 Å². The van der Waals surface area contributed by atoms with Crippen molar-refractivity contribution in [3.8, 4) is 11.5 Å². The minimum absolute atomic E-state index is 0.217. The van der Waals surface area contributed by atoms with Gasteiger partial charge in [0.2, 0.25) is 0 Å². The average molecular weight is 350 g/mol. The predicted molar refractivity (Wildman–Crippen MR) is 85.9 cm³/mol. The van der Waals surface area contributed by atoms with Gasteiger partial charge in [-0.3, -0.25) is 4.79 Å². The maximum atomic E-state index is 12.1. The number of benzene rings is 2. The number of hydrogen-bond acceptors (Lipinski definition) is 3. The van der Waals surface area contributed by atoms with E-state index < -0.39 is 6.10 Å². The van der Waals surface area contributed by atoms with Crippen LogP contribution in [0, 0.1) is 0 Å². The predicted octanol–water partition coefficient (Wildman–Crippen LogP) is 3.86. The number of halogens is 1. The number of nitrogens with one attached hydrogen (secondary N) is 1. The number of carbonyl (C=O) groups excluding carboxylic acids is 1. The van der Waals surface area contributed by atoms with E-state index in [9.17, 15) is 4.79 Å². The van der Waals surface area contributed by atoms with Crippen LogP contribution >= 0.6 is 15.9 Å². The highest BCUT2D eigenvalue weighted by Gasteiger charge is 2.15. The van der Waals surface area contributed by atoms with Gasteiger partial charge in [-0.25, -0.2) is 0 Å². The van der Waals surface area contributed by atoms with E-state index >= 15 is 0 Å². The summed E-state index contributed by atoms with van der Waals surface area (Å²) >= 11 is 3.35. The molecule has 0 heterocycles. The van der Waals surface area contributed by atoms with Gasteiger partial charge >= 0.3 is 0 Å². The van der Waals surface area contributed by atoms with Crippen LogP contribution in [0.2, 0.25) is 0 Å². The lowest BCUT2D eigenvalue weighted by molar-refractivity contribution is -0.122. The standard InChI is InChI=1S/C16H16BrNO3/c1-11(21-14-8-6-12(17)7-9-14)16(19)18-13-4-3-5-15(10-13)20-2/h3-11H,1-2H3,(H,18,19)/t11-/m0/s1. The van der Waals surface area contributed by atoms with Crippen LogP contribution in [-0.2, 0) is 4.79 Å². The number of methoxy groups -OCH3 is 1. The largest absolute Gasteiger partial charge is 0.497 e. The Balaban J connectivity index is 1.97. The molecule has 2 aromatic carbocycles. The molecular formula is C16H16BrNO3. The summed E-state index contributed by atoms with van der Waals surface area (Å²) in [5.41, 5.74) is 0.672. The summed E-state index contributed by atoms with van der Waals surface area (Å²) in [6, 6.07) is 14.5. The van der Waals surface area contributed by atoms with Crippen LogP contribution in [0.4, 0.5) is 5.69 Å². The summed E-state index contributed by atoms with van der Waals surface area (Å²) in [6.45, 7) is 1.71. The second kappa shape index (κ2) is 7.13. The molecule has 0 aromatic heterocycles. The van der Waals surface area contributed by atoms with E-state index in [1.54, 1.807) is 38.3 Å². The third-order valence-electron chi connectivity index (χ3n) is 2.83. The Labute approximate surface area is 132 Å². The van der Waals surface area contributed by atoms with E-state index in [0.29, 0.717) is 17.2 Å². The first-order valence-electron chi connectivity index (χ1n) is 6.45. The smallest absolute Gasteiger partial charge is 0.265 e. The van der Waals surface area contributed by atoms with E-state index in [1.807, 2.05) is 24.3 Å². The molecule has 21 heavy (non-hydrogen) atoms. The molecule has 0 unspecified atom stereocenters. The lowest BCUT2D eigenvalue weighted by Crippen LogP contribution is -2.30. The van der Waals surface area contributed by atoms with Crippen molar-refractivity contribution in [3.05, 3.63) is 53.0 Å². The summed E-state index contributed by atoms with van der Waals surface area (Å²) in [5.74, 6) is 1.12. The molecule has 0 radical (unpaired) electrons. The lowest BCUT2D eigenvalue weighted by Gasteiger charge is -2.15. The Hall–Kier alpha value is -2.01. The van der Waals surface area contributed by atoms with Crippen LogP contribution < -0.4 is 14.8 Å². The normalized spacial score (nSPS) is 11.6. The van der Waals surface area contributed by atoms with Crippen molar-refractivity contribution >= 4 is 27.5 Å². The Morgan fingerprint density at radius 3 is 2.52 bits per heavy atom. The molecule has 4 nitrogen and oxygen atoms in total. The van der Waals surface area contributed by atoms with Crippen LogP contribution in [0.3, 0.4) is 0 Å². The van der Waals surface area contributed by atoms with Crippen LogP contribution in [0.5, 0.6) is 11.5 Å². The molecule has 1 atom stereocenters. The first-order chi connectivity index (χ1) is 10.1. The Bertz CT molecular complexity index is 613. The SMILES string of the molecule is COc1cccc(NC(=O)[C@H](C)Oc2ccc(Br)cc2)c1. The summed E-state index contributed by atoms with van der Waals surface area (Å²) < 4.78 is 11.7. The molecule has 110 valence electrons. The average Bonchev–Trinajstić information content (AvgIpc) is 2.49. The number of rotatable bonds is 5. The Morgan fingerprint density at radius 2 is 1.86 bits per heavy atom. The second-order valence-corrected chi connectivity index (χ2v) is 5.35. The van der Waals surface area contributed by atoms with E-state index in [-0.39, 0.29) is 5.91 Å². The Morgan fingerprint density at radius 1 is 1.14 bits per heavy atom. The first kappa shape index (κ1) is 15.4. The molecule has 0 bridgehead atoms. The van der Waals surface area contributed by atoms with Crippen LogP contribution in [0.1, 0.15) is 6.92 Å². The van der Waals surface area contributed by atoms with Crippen molar-refractivity contribution in [3.63, 3.8) is 0 Å². The second-order valence-electron chi connectivity index (χ2n) is 4.44.